The van der Waals surface area contributed by atoms with Crippen LogP contribution in [-0.2, 0) is 6.42 Å². The van der Waals surface area contributed by atoms with Crippen LogP contribution in [0.2, 0.25) is 0 Å². The first-order valence-electron chi connectivity index (χ1n) is 6.26. The van der Waals surface area contributed by atoms with Gasteiger partial charge in [-0.05, 0) is 26.4 Å². The summed E-state index contributed by atoms with van der Waals surface area (Å²) in [6, 6.07) is 2.28. The molecule has 3 N–H and O–H groups in total. The van der Waals surface area contributed by atoms with Gasteiger partial charge in [0.2, 0.25) is 0 Å². The summed E-state index contributed by atoms with van der Waals surface area (Å²) in [6.45, 7) is 4.28. The third kappa shape index (κ3) is 3.30. The number of nitrogens with zero attached hydrogens (tertiary/aromatic N) is 3. The van der Waals surface area contributed by atoms with E-state index in [0.717, 1.165) is 24.6 Å². The van der Waals surface area contributed by atoms with Gasteiger partial charge in [0.05, 0.1) is 0 Å². The van der Waals surface area contributed by atoms with Gasteiger partial charge in [-0.3, -0.25) is 0 Å². The van der Waals surface area contributed by atoms with Crippen LogP contribution in [0.4, 0.5) is 11.6 Å². The smallest absolute Gasteiger partial charge is 0.132 e. The lowest BCUT2D eigenvalue weighted by Gasteiger charge is -2.30. The van der Waals surface area contributed by atoms with E-state index < -0.39 is 0 Å². The Morgan fingerprint density at radius 2 is 2.35 bits per heavy atom. The highest BCUT2D eigenvalue weighted by Crippen LogP contribution is 2.15. The SMILES string of the molecule is CCc1nc(N)cc(NC2CCCN(C)C2)n1. The monoisotopic (exact) mass is 235 g/mol. The van der Waals surface area contributed by atoms with Gasteiger partial charge in [-0.15, -0.1) is 0 Å². The Balaban J connectivity index is 2.04. The number of hydrogen-bond donors (Lipinski definition) is 2. The summed E-state index contributed by atoms with van der Waals surface area (Å²) in [5, 5.41) is 3.45. The summed E-state index contributed by atoms with van der Waals surface area (Å²) >= 11 is 0. The van der Waals surface area contributed by atoms with Crippen LogP contribution in [0.5, 0.6) is 0 Å². The van der Waals surface area contributed by atoms with Crippen LogP contribution < -0.4 is 11.1 Å². The van der Waals surface area contributed by atoms with Crippen LogP contribution >= 0.6 is 0 Å². The fourth-order valence-corrected chi connectivity index (χ4v) is 2.24. The first kappa shape index (κ1) is 12.1. The highest BCUT2D eigenvalue weighted by Gasteiger charge is 2.17. The number of anilines is 2. The zero-order chi connectivity index (χ0) is 12.3. The number of aryl methyl sites for hydroxylation is 1. The number of nitrogens with one attached hydrogen (secondary N) is 1. The second-order valence-electron chi connectivity index (χ2n) is 4.69. The molecule has 1 unspecified atom stereocenters. The number of likely N-dealkylation sites (N-methyl/N-ethyl adjacent to an activating group) is 1. The molecule has 2 heterocycles. The lowest BCUT2D eigenvalue weighted by Crippen LogP contribution is -2.39. The molecule has 0 amide bonds. The van der Waals surface area contributed by atoms with E-state index in [2.05, 4.69) is 27.2 Å². The minimum atomic E-state index is 0.466. The van der Waals surface area contributed by atoms with Gasteiger partial charge in [0.1, 0.15) is 17.5 Å². The van der Waals surface area contributed by atoms with Crippen molar-refractivity contribution in [2.24, 2.45) is 0 Å². The summed E-state index contributed by atoms with van der Waals surface area (Å²) in [5.74, 6) is 2.20. The van der Waals surface area contributed by atoms with Crippen LogP contribution in [0.15, 0.2) is 6.07 Å². The van der Waals surface area contributed by atoms with Crippen LogP contribution in [0.1, 0.15) is 25.6 Å². The number of rotatable bonds is 3. The largest absolute Gasteiger partial charge is 0.384 e. The standard InChI is InChI=1S/C12H21N5/c1-3-11-15-10(13)7-12(16-11)14-9-5-4-6-17(2)8-9/h7,9H,3-6,8H2,1-2H3,(H3,13,14,15,16). The maximum absolute atomic E-state index is 5.77. The van der Waals surface area contributed by atoms with Crippen LogP contribution in [0.25, 0.3) is 0 Å². The molecule has 0 bridgehead atoms. The molecule has 1 atom stereocenters. The zero-order valence-corrected chi connectivity index (χ0v) is 10.6. The average Bonchev–Trinajstić information content (AvgIpc) is 2.28. The van der Waals surface area contributed by atoms with Gasteiger partial charge >= 0.3 is 0 Å². The van der Waals surface area contributed by atoms with Crippen LogP contribution in [0, 0.1) is 0 Å². The van der Waals surface area contributed by atoms with Gasteiger partial charge in [0, 0.05) is 25.1 Å². The molecular weight excluding hydrogens is 214 g/mol. The van der Waals surface area contributed by atoms with Crippen molar-refractivity contribution in [2.75, 3.05) is 31.2 Å². The van der Waals surface area contributed by atoms with E-state index in [4.69, 9.17) is 5.73 Å². The fraction of sp³-hybridized carbons (Fsp3) is 0.667. The molecule has 1 aliphatic heterocycles. The lowest BCUT2D eigenvalue weighted by molar-refractivity contribution is 0.260. The molecule has 94 valence electrons. The van der Waals surface area contributed by atoms with Crippen molar-refractivity contribution in [1.29, 1.82) is 0 Å². The normalized spacial score (nSPS) is 21.4. The van der Waals surface area contributed by atoms with E-state index in [-0.39, 0.29) is 0 Å². The number of likely N-dealkylation sites (tertiary alicyclic amines) is 1. The van der Waals surface area contributed by atoms with E-state index in [1.807, 2.05) is 13.0 Å². The van der Waals surface area contributed by atoms with Gasteiger partial charge < -0.3 is 16.0 Å². The molecule has 1 aliphatic rings. The predicted octanol–water partition coefficient (Wildman–Crippen LogP) is 1.13. The van der Waals surface area contributed by atoms with Crippen LogP contribution in [-0.4, -0.2) is 41.0 Å². The number of nitrogens with two attached hydrogens (primary N) is 1. The quantitative estimate of drug-likeness (QED) is 0.822. The minimum absolute atomic E-state index is 0.466. The van der Waals surface area contributed by atoms with Crippen molar-refractivity contribution in [3.8, 4) is 0 Å². The number of nitrogen functional groups attached to an aromatic ring is 1. The maximum atomic E-state index is 5.77. The van der Waals surface area contributed by atoms with Gasteiger partial charge in [0.15, 0.2) is 0 Å². The lowest BCUT2D eigenvalue weighted by atomic mass is 10.1. The Morgan fingerprint density at radius 1 is 1.53 bits per heavy atom. The molecule has 1 aromatic rings. The summed E-state index contributed by atoms with van der Waals surface area (Å²) in [4.78, 5) is 11.0. The molecular formula is C12H21N5. The number of hydrogen-bond acceptors (Lipinski definition) is 5. The van der Waals surface area contributed by atoms with Crippen molar-refractivity contribution in [2.45, 2.75) is 32.2 Å². The van der Waals surface area contributed by atoms with E-state index >= 15 is 0 Å². The molecule has 0 aromatic carbocycles. The molecule has 0 aliphatic carbocycles. The molecule has 1 saturated heterocycles. The Kier molecular flexibility index (Phi) is 3.78. The van der Waals surface area contributed by atoms with E-state index in [9.17, 15) is 0 Å². The van der Waals surface area contributed by atoms with E-state index in [0.29, 0.717) is 11.9 Å². The van der Waals surface area contributed by atoms with Gasteiger partial charge in [-0.1, -0.05) is 6.92 Å². The van der Waals surface area contributed by atoms with Crippen LogP contribution in [0.3, 0.4) is 0 Å². The second kappa shape index (κ2) is 5.31. The molecule has 2 rings (SSSR count). The second-order valence-corrected chi connectivity index (χ2v) is 4.69. The van der Waals surface area contributed by atoms with E-state index in [1.165, 1.54) is 19.4 Å². The first-order valence-corrected chi connectivity index (χ1v) is 6.26. The van der Waals surface area contributed by atoms with Crippen molar-refractivity contribution < 1.29 is 0 Å². The average molecular weight is 235 g/mol. The Hall–Kier alpha value is -1.36. The van der Waals surface area contributed by atoms with Crippen molar-refractivity contribution in [3.05, 3.63) is 11.9 Å². The van der Waals surface area contributed by atoms with Gasteiger partial charge in [0.25, 0.3) is 0 Å². The highest BCUT2D eigenvalue weighted by molar-refractivity contribution is 5.45. The van der Waals surface area contributed by atoms with Gasteiger partial charge in [-0.25, -0.2) is 9.97 Å². The summed E-state index contributed by atoms with van der Waals surface area (Å²) in [7, 11) is 2.15. The summed E-state index contributed by atoms with van der Waals surface area (Å²) in [6.07, 6.45) is 3.23. The van der Waals surface area contributed by atoms with Crippen molar-refractivity contribution in [3.63, 3.8) is 0 Å². The zero-order valence-electron chi connectivity index (χ0n) is 10.6. The first-order chi connectivity index (χ1) is 8.17. The summed E-state index contributed by atoms with van der Waals surface area (Å²) in [5.41, 5.74) is 5.77. The molecule has 0 radical (unpaired) electrons. The molecule has 0 spiro atoms. The van der Waals surface area contributed by atoms with Crippen molar-refractivity contribution in [1.82, 2.24) is 14.9 Å². The third-order valence-electron chi connectivity index (χ3n) is 3.08. The molecule has 5 nitrogen and oxygen atoms in total. The number of piperidine rings is 1. The molecule has 0 saturated carbocycles. The number of aromatic nitrogens is 2. The third-order valence-corrected chi connectivity index (χ3v) is 3.08. The van der Waals surface area contributed by atoms with Gasteiger partial charge in [-0.2, -0.15) is 0 Å². The maximum Gasteiger partial charge on any atom is 0.132 e. The Morgan fingerprint density at radius 3 is 3.06 bits per heavy atom. The molecule has 1 aromatic heterocycles. The topological polar surface area (TPSA) is 67.1 Å². The Labute approximate surface area is 102 Å². The summed E-state index contributed by atoms with van der Waals surface area (Å²) < 4.78 is 0. The minimum Gasteiger partial charge on any atom is -0.384 e. The molecule has 17 heavy (non-hydrogen) atoms. The fourth-order valence-electron chi connectivity index (χ4n) is 2.24. The Bertz CT molecular complexity index is 379. The molecule has 5 heteroatoms. The molecule has 1 fully saturated rings. The highest BCUT2D eigenvalue weighted by atomic mass is 15.2. The van der Waals surface area contributed by atoms with E-state index in [1.54, 1.807) is 0 Å². The van der Waals surface area contributed by atoms with Crippen molar-refractivity contribution >= 4 is 11.6 Å². The predicted molar refractivity (Wildman–Crippen MR) is 70.0 cm³/mol.